The first-order valence-corrected chi connectivity index (χ1v) is 14.6. The van der Waals surface area contributed by atoms with Crippen molar-refractivity contribution in [2.24, 2.45) is 0 Å². The molecule has 0 radical (unpaired) electrons. The average Bonchev–Trinajstić information content (AvgIpc) is 3.28. The highest BCUT2D eigenvalue weighted by atomic mass is 32.2. The lowest BCUT2D eigenvalue weighted by Gasteiger charge is -2.19. The molecule has 0 fully saturated rings. The smallest absolute Gasteiger partial charge is 0.230 e. The average molecular weight is 570 g/mol. The van der Waals surface area contributed by atoms with Crippen molar-refractivity contribution in [1.82, 2.24) is 25.1 Å². The van der Waals surface area contributed by atoms with Crippen LogP contribution in [-0.2, 0) is 23.2 Å². The first-order valence-electron chi connectivity index (χ1n) is 13.6. The topological polar surface area (TPSA) is 91.2 Å². The minimum absolute atomic E-state index is 0.0846. The fraction of sp³-hybridized carbons (Fsp3) is 0.312. The minimum Gasteiger partial charge on any atom is -0.493 e. The highest BCUT2D eigenvalue weighted by molar-refractivity contribution is 7.99. The molecule has 1 N–H and O–H groups in total. The van der Waals surface area contributed by atoms with Crippen molar-refractivity contribution < 1.29 is 14.3 Å². The van der Waals surface area contributed by atoms with Crippen molar-refractivity contribution in [1.29, 1.82) is 0 Å². The van der Waals surface area contributed by atoms with Crippen LogP contribution in [0.25, 0.3) is 22.1 Å². The largest absolute Gasteiger partial charge is 0.493 e. The van der Waals surface area contributed by atoms with Crippen LogP contribution in [0.2, 0.25) is 0 Å². The fourth-order valence-electron chi connectivity index (χ4n) is 4.77. The molecule has 5 rings (SSSR count). The zero-order valence-electron chi connectivity index (χ0n) is 24.1. The number of hydrogen-bond acceptors (Lipinski definition) is 7. The van der Waals surface area contributed by atoms with Gasteiger partial charge in [-0.15, -0.1) is 10.2 Å². The minimum atomic E-state index is -0.0846. The Labute approximate surface area is 244 Å². The molecule has 1 amide bonds. The monoisotopic (exact) mass is 569 g/mol. The maximum absolute atomic E-state index is 12.6. The molecule has 0 saturated heterocycles. The Bertz CT molecular complexity index is 1680. The van der Waals surface area contributed by atoms with Crippen LogP contribution in [0.3, 0.4) is 0 Å². The second-order valence-corrected chi connectivity index (χ2v) is 11.8. The Kier molecular flexibility index (Phi) is 8.44. The number of amides is 1. The molecule has 5 aromatic rings. The zero-order valence-corrected chi connectivity index (χ0v) is 24.9. The van der Waals surface area contributed by atoms with Crippen LogP contribution in [0, 0.1) is 0 Å². The molecule has 0 aliphatic rings. The van der Waals surface area contributed by atoms with E-state index in [1.54, 1.807) is 14.2 Å². The van der Waals surface area contributed by atoms with Gasteiger partial charge in [0.1, 0.15) is 5.52 Å². The van der Waals surface area contributed by atoms with E-state index in [9.17, 15) is 4.79 Å². The third kappa shape index (κ3) is 6.46. The van der Waals surface area contributed by atoms with Crippen molar-refractivity contribution >= 4 is 39.7 Å². The van der Waals surface area contributed by atoms with E-state index in [0.29, 0.717) is 36.2 Å². The van der Waals surface area contributed by atoms with Crippen LogP contribution < -0.4 is 14.8 Å². The van der Waals surface area contributed by atoms with Gasteiger partial charge < -0.3 is 19.4 Å². The lowest BCUT2D eigenvalue weighted by molar-refractivity contribution is -0.118. The molecular weight excluding hydrogens is 534 g/mol. The molecule has 0 aliphatic carbocycles. The summed E-state index contributed by atoms with van der Waals surface area (Å²) in [5, 5.41) is 13.3. The highest BCUT2D eigenvalue weighted by Crippen LogP contribution is 2.29. The second-order valence-electron chi connectivity index (χ2n) is 10.9. The van der Waals surface area contributed by atoms with E-state index >= 15 is 0 Å². The molecule has 2 aromatic heterocycles. The predicted molar refractivity (Wildman–Crippen MR) is 164 cm³/mol. The number of fused-ring (bicyclic) bond motifs is 3. The Hall–Kier alpha value is -4.11. The Morgan fingerprint density at radius 2 is 1.66 bits per heavy atom. The number of aromatic nitrogens is 4. The number of benzene rings is 3. The molecule has 0 aliphatic heterocycles. The van der Waals surface area contributed by atoms with E-state index in [2.05, 4.69) is 71.2 Å². The van der Waals surface area contributed by atoms with Crippen LogP contribution in [-0.4, -0.2) is 52.2 Å². The maximum Gasteiger partial charge on any atom is 0.230 e. The van der Waals surface area contributed by atoms with Crippen molar-refractivity contribution in [2.75, 3.05) is 26.5 Å². The van der Waals surface area contributed by atoms with Crippen molar-refractivity contribution in [3.8, 4) is 11.5 Å². The van der Waals surface area contributed by atoms with Gasteiger partial charge in [-0.05, 0) is 46.7 Å². The van der Waals surface area contributed by atoms with Crippen LogP contribution in [0.1, 0.15) is 37.5 Å². The SMILES string of the molecule is COc1ccc(CCNC(=O)CSc2nnc3c4ccccc4n(Cc4ccc(C(C)(C)C)cc4)c3n2)cc1OC. The summed E-state index contributed by atoms with van der Waals surface area (Å²) in [5.41, 5.74) is 6.21. The summed E-state index contributed by atoms with van der Waals surface area (Å²) in [6.07, 6.45) is 0.678. The molecule has 2 heterocycles. The van der Waals surface area contributed by atoms with E-state index < -0.39 is 0 Å². The van der Waals surface area contributed by atoms with E-state index in [1.807, 2.05) is 36.4 Å². The van der Waals surface area contributed by atoms with Gasteiger partial charge in [0.05, 0.1) is 25.5 Å². The molecule has 0 saturated carbocycles. The Morgan fingerprint density at radius 1 is 0.927 bits per heavy atom. The molecule has 0 spiro atoms. The molecule has 0 atom stereocenters. The van der Waals surface area contributed by atoms with Crippen LogP contribution >= 0.6 is 11.8 Å². The van der Waals surface area contributed by atoms with Gasteiger partial charge in [-0.2, -0.15) is 0 Å². The maximum atomic E-state index is 12.6. The standard InChI is InChI=1S/C32H35N5O3S/c1-32(2,3)23-13-10-22(11-14-23)19-37-25-9-7-6-8-24(25)29-30(37)34-31(36-35-29)41-20-28(38)33-17-16-21-12-15-26(39-4)27(18-21)40-5/h6-15,18H,16-17,19-20H2,1-5H3,(H,33,38). The quantitative estimate of drug-likeness (QED) is 0.213. The highest BCUT2D eigenvalue weighted by Gasteiger charge is 2.17. The molecule has 0 bridgehead atoms. The summed E-state index contributed by atoms with van der Waals surface area (Å²) in [4.78, 5) is 17.4. The summed E-state index contributed by atoms with van der Waals surface area (Å²) in [5.74, 6) is 1.47. The lowest BCUT2D eigenvalue weighted by atomic mass is 9.87. The van der Waals surface area contributed by atoms with Crippen LogP contribution in [0.15, 0.2) is 71.9 Å². The third-order valence-electron chi connectivity index (χ3n) is 7.03. The van der Waals surface area contributed by atoms with Crippen LogP contribution in [0.4, 0.5) is 0 Å². The van der Waals surface area contributed by atoms with Gasteiger partial charge in [0.15, 0.2) is 17.1 Å². The summed E-state index contributed by atoms with van der Waals surface area (Å²) in [7, 11) is 3.22. The molecule has 0 unspecified atom stereocenters. The molecular formula is C32H35N5O3S. The van der Waals surface area contributed by atoms with Crippen molar-refractivity contribution in [3.05, 3.63) is 83.4 Å². The Morgan fingerprint density at radius 3 is 2.39 bits per heavy atom. The fourth-order valence-corrected chi connectivity index (χ4v) is 5.38. The van der Waals surface area contributed by atoms with Gasteiger partial charge in [0.2, 0.25) is 11.1 Å². The van der Waals surface area contributed by atoms with Crippen molar-refractivity contribution in [3.63, 3.8) is 0 Å². The lowest BCUT2D eigenvalue weighted by Crippen LogP contribution is -2.27. The summed E-state index contributed by atoms with van der Waals surface area (Å²) >= 11 is 1.28. The number of para-hydroxylation sites is 1. The van der Waals surface area contributed by atoms with Gasteiger partial charge in [-0.3, -0.25) is 4.79 Å². The van der Waals surface area contributed by atoms with E-state index in [0.717, 1.165) is 27.6 Å². The van der Waals surface area contributed by atoms with Gasteiger partial charge >= 0.3 is 0 Å². The molecule has 8 nitrogen and oxygen atoms in total. The van der Waals surface area contributed by atoms with Gasteiger partial charge in [0, 0.05) is 18.5 Å². The number of hydrogen-bond donors (Lipinski definition) is 1. The number of nitrogens with zero attached hydrogens (tertiary/aromatic N) is 4. The summed E-state index contributed by atoms with van der Waals surface area (Å²) in [6, 6.07) is 22.7. The zero-order chi connectivity index (χ0) is 29.0. The van der Waals surface area contributed by atoms with Gasteiger partial charge in [-0.25, -0.2) is 4.98 Å². The predicted octanol–water partition coefficient (Wildman–Crippen LogP) is 5.79. The number of methoxy groups -OCH3 is 2. The van der Waals surface area contributed by atoms with E-state index in [1.165, 1.54) is 22.9 Å². The van der Waals surface area contributed by atoms with Crippen LogP contribution in [0.5, 0.6) is 11.5 Å². The molecule has 212 valence electrons. The number of ether oxygens (including phenoxy) is 2. The number of carbonyl (C=O) groups excluding carboxylic acids is 1. The Balaban J connectivity index is 1.27. The number of nitrogens with one attached hydrogen (secondary N) is 1. The van der Waals surface area contributed by atoms with Gasteiger partial charge in [0.25, 0.3) is 0 Å². The number of thioether (sulfide) groups is 1. The summed E-state index contributed by atoms with van der Waals surface area (Å²) < 4.78 is 12.8. The first-order chi connectivity index (χ1) is 19.8. The number of carbonyl (C=O) groups is 1. The van der Waals surface area contributed by atoms with Crippen molar-refractivity contribution in [2.45, 2.75) is 44.3 Å². The summed E-state index contributed by atoms with van der Waals surface area (Å²) in [6.45, 7) is 7.82. The molecule has 9 heteroatoms. The molecule has 41 heavy (non-hydrogen) atoms. The van der Waals surface area contributed by atoms with E-state index in [-0.39, 0.29) is 17.1 Å². The normalized spacial score (nSPS) is 11.6. The first kappa shape index (κ1) is 28.4. The third-order valence-corrected chi connectivity index (χ3v) is 7.87. The second kappa shape index (κ2) is 12.2. The van der Waals surface area contributed by atoms with E-state index in [4.69, 9.17) is 14.5 Å². The molecule has 3 aromatic carbocycles. The van der Waals surface area contributed by atoms with Gasteiger partial charge in [-0.1, -0.05) is 81.1 Å². The number of rotatable bonds is 10.